The molecule has 34 heavy (non-hydrogen) atoms. The smallest absolute Gasteiger partial charge is 0.134 e. The molecule has 3 aromatic carbocycles. The zero-order valence-corrected chi connectivity index (χ0v) is 23.3. The quantitative estimate of drug-likeness (QED) is 0.422. The van der Waals surface area contributed by atoms with Crippen LogP contribution in [-0.4, -0.2) is 5.11 Å². The first-order valence-electron chi connectivity index (χ1n) is 12.0. The van der Waals surface area contributed by atoms with Gasteiger partial charge in [-0.15, -0.1) is 0 Å². The van der Waals surface area contributed by atoms with Gasteiger partial charge in [0.1, 0.15) is 28.7 Å². The maximum Gasteiger partial charge on any atom is 0.134 e. The minimum absolute atomic E-state index is 0.348. The molecule has 0 aliphatic rings. The number of rotatable bonds is 4. The minimum Gasteiger partial charge on any atom is -0.507 e. The maximum atomic E-state index is 10.5. The lowest BCUT2D eigenvalue weighted by atomic mass is 9.93. The van der Waals surface area contributed by atoms with E-state index in [1.165, 1.54) is 27.8 Å². The number of hydrogen-bond donors (Lipinski definition) is 1. The van der Waals surface area contributed by atoms with E-state index in [0.29, 0.717) is 5.75 Å². The van der Waals surface area contributed by atoms with Crippen LogP contribution in [0.5, 0.6) is 28.7 Å². The molecule has 0 saturated heterocycles. The van der Waals surface area contributed by atoms with Crippen LogP contribution in [0.2, 0.25) is 0 Å². The van der Waals surface area contributed by atoms with Crippen LogP contribution in [-0.2, 0) is 0 Å². The van der Waals surface area contributed by atoms with E-state index in [-0.39, 0.29) is 0 Å². The van der Waals surface area contributed by atoms with Gasteiger partial charge in [0.15, 0.2) is 0 Å². The Morgan fingerprint density at radius 1 is 0.294 bits per heavy atom. The second-order valence-electron chi connectivity index (χ2n) is 9.99. The summed E-state index contributed by atoms with van der Waals surface area (Å²) in [6.45, 7) is 27.1. The highest BCUT2D eigenvalue weighted by Gasteiger charge is 2.23. The van der Waals surface area contributed by atoms with Crippen LogP contribution in [0.1, 0.15) is 72.3 Å². The molecule has 3 heteroatoms. The van der Waals surface area contributed by atoms with Crippen LogP contribution >= 0.6 is 0 Å². The normalized spacial score (nSPS) is 11.2. The van der Waals surface area contributed by atoms with Crippen LogP contribution < -0.4 is 9.47 Å². The molecule has 0 bridgehead atoms. The lowest BCUT2D eigenvalue weighted by molar-refractivity contribution is 0.441. The van der Waals surface area contributed by atoms with Crippen molar-refractivity contribution in [2.75, 3.05) is 0 Å². The average molecular weight is 461 g/mol. The van der Waals surface area contributed by atoms with E-state index in [4.69, 9.17) is 9.47 Å². The SMILES string of the molecule is Cc1c(C)c(C)c(Oc2c(C)c(C)c(Oc3c(C)c(C)c(O)c(C)c3C)c(C)c2C)c(C)c1C. The van der Waals surface area contributed by atoms with Crippen molar-refractivity contribution in [3.63, 3.8) is 0 Å². The topological polar surface area (TPSA) is 38.7 Å². The van der Waals surface area contributed by atoms with E-state index in [9.17, 15) is 5.11 Å². The Morgan fingerprint density at radius 3 is 0.735 bits per heavy atom. The summed E-state index contributed by atoms with van der Waals surface area (Å²) in [4.78, 5) is 0. The fraction of sp³-hybridized carbons (Fsp3) is 0.419. The fourth-order valence-corrected chi connectivity index (χ4v) is 4.78. The third kappa shape index (κ3) is 3.85. The first-order valence-corrected chi connectivity index (χ1v) is 12.0. The second kappa shape index (κ2) is 9.02. The molecule has 0 unspecified atom stereocenters. The number of aromatic hydroxyl groups is 1. The Hall–Kier alpha value is -2.94. The molecule has 3 nitrogen and oxygen atoms in total. The number of ether oxygens (including phenoxy) is 2. The Morgan fingerprint density at radius 2 is 0.471 bits per heavy atom. The summed E-state index contributed by atoms with van der Waals surface area (Å²) < 4.78 is 13.3. The molecule has 3 rings (SSSR count). The van der Waals surface area contributed by atoms with Gasteiger partial charge in [-0.3, -0.25) is 0 Å². The first kappa shape index (κ1) is 25.7. The van der Waals surface area contributed by atoms with Gasteiger partial charge in [-0.1, -0.05) is 0 Å². The summed E-state index contributed by atoms with van der Waals surface area (Å²) in [6, 6.07) is 0. The molecule has 0 fully saturated rings. The van der Waals surface area contributed by atoms with Gasteiger partial charge in [-0.05, 0) is 162 Å². The Labute approximate surface area is 205 Å². The van der Waals surface area contributed by atoms with Crippen molar-refractivity contribution in [3.05, 3.63) is 72.3 Å². The highest BCUT2D eigenvalue weighted by atomic mass is 16.5. The third-order valence-corrected chi connectivity index (χ3v) is 8.34. The van der Waals surface area contributed by atoms with Gasteiger partial charge in [0.05, 0.1) is 0 Å². The van der Waals surface area contributed by atoms with Crippen molar-refractivity contribution >= 4 is 0 Å². The Bertz CT molecular complexity index is 1140. The van der Waals surface area contributed by atoms with E-state index in [1.807, 2.05) is 27.7 Å². The van der Waals surface area contributed by atoms with E-state index in [2.05, 4.69) is 62.3 Å². The largest absolute Gasteiger partial charge is 0.507 e. The summed E-state index contributed by atoms with van der Waals surface area (Å²) in [5.41, 5.74) is 14.2. The van der Waals surface area contributed by atoms with E-state index in [0.717, 1.165) is 67.5 Å². The number of phenolic OH excluding ortho intramolecular Hbond substituents is 1. The van der Waals surface area contributed by atoms with Gasteiger partial charge in [0, 0.05) is 0 Å². The number of phenols is 1. The number of benzene rings is 3. The molecule has 3 aromatic rings. The molecule has 0 radical (unpaired) electrons. The summed E-state index contributed by atoms with van der Waals surface area (Å²) in [7, 11) is 0. The van der Waals surface area contributed by atoms with Crippen LogP contribution in [0.3, 0.4) is 0 Å². The van der Waals surface area contributed by atoms with Crippen LogP contribution in [0, 0.1) is 90.0 Å². The predicted octanol–water partition coefficient (Wildman–Crippen LogP) is 8.99. The summed E-state index contributed by atoms with van der Waals surface area (Å²) in [5, 5.41) is 10.5. The lowest BCUT2D eigenvalue weighted by Crippen LogP contribution is -2.05. The van der Waals surface area contributed by atoms with Gasteiger partial charge in [0.25, 0.3) is 0 Å². The van der Waals surface area contributed by atoms with Crippen molar-refractivity contribution in [3.8, 4) is 28.7 Å². The highest BCUT2D eigenvalue weighted by Crippen LogP contribution is 2.45. The van der Waals surface area contributed by atoms with Gasteiger partial charge < -0.3 is 14.6 Å². The summed E-state index contributed by atoms with van der Waals surface area (Å²) in [6.07, 6.45) is 0. The molecule has 0 saturated carbocycles. The van der Waals surface area contributed by atoms with Crippen LogP contribution in [0.25, 0.3) is 0 Å². The molecule has 0 amide bonds. The molecular formula is C31H40O3. The molecule has 0 atom stereocenters. The summed E-state index contributed by atoms with van der Waals surface area (Å²) >= 11 is 0. The third-order valence-electron chi connectivity index (χ3n) is 8.34. The Balaban J connectivity index is 2.18. The first-order chi connectivity index (χ1) is 15.7. The average Bonchev–Trinajstić information content (AvgIpc) is 2.81. The van der Waals surface area contributed by atoms with Crippen molar-refractivity contribution in [1.29, 1.82) is 0 Å². The molecule has 0 heterocycles. The highest BCUT2D eigenvalue weighted by molar-refractivity contribution is 5.63. The molecule has 0 spiro atoms. The maximum absolute atomic E-state index is 10.5. The molecule has 0 aliphatic carbocycles. The second-order valence-corrected chi connectivity index (χ2v) is 9.99. The summed E-state index contributed by atoms with van der Waals surface area (Å²) in [5.74, 6) is 3.89. The zero-order valence-electron chi connectivity index (χ0n) is 23.3. The van der Waals surface area contributed by atoms with E-state index in [1.54, 1.807) is 0 Å². The molecule has 182 valence electrons. The Kier molecular flexibility index (Phi) is 6.81. The van der Waals surface area contributed by atoms with E-state index >= 15 is 0 Å². The van der Waals surface area contributed by atoms with Crippen LogP contribution in [0.15, 0.2) is 0 Å². The van der Waals surface area contributed by atoms with Crippen LogP contribution in [0.4, 0.5) is 0 Å². The molecule has 1 N–H and O–H groups in total. The van der Waals surface area contributed by atoms with Crippen molar-refractivity contribution in [2.45, 2.75) is 90.0 Å². The van der Waals surface area contributed by atoms with Gasteiger partial charge in [-0.2, -0.15) is 0 Å². The standard InChI is InChI=1S/C31H40O3/c1-14-15(2)19(6)28(20(7)16(14)3)33-30-23(10)25(12)31(26(13)24(30)11)34-29-21(8)17(4)27(32)18(5)22(29)9/h32H,1-13H3. The minimum atomic E-state index is 0.348. The van der Waals surface area contributed by atoms with Gasteiger partial charge in [0.2, 0.25) is 0 Å². The van der Waals surface area contributed by atoms with Crippen molar-refractivity contribution in [2.24, 2.45) is 0 Å². The van der Waals surface area contributed by atoms with E-state index < -0.39 is 0 Å². The molecule has 0 aromatic heterocycles. The predicted molar refractivity (Wildman–Crippen MR) is 143 cm³/mol. The fourth-order valence-electron chi connectivity index (χ4n) is 4.78. The van der Waals surface area contributed by atoms with Gasteiger partial charge in [-0.25, -0.2) is 0 Å². The zero-order chi connectivity index (χ0) is 25.8. The van der Waals surface area contributed by atoms with Crippen molar-refractivity contribution in [1.82, 2.24) is 0 Å². The van der Waals surface area contributed by atoms with Crippen molar-refractivity contribution < 1.29 is 14.6 Å². The molecular weight excluding hydrogens is 420 g/mol. The number of hydrogen-bond acceptors (Lipinski definition) is 3. The lowest BCUT2D eigenvalue weighted by Gasteiger charge is -2.25. The monoisotopic (exact) mass is 460 g/mol. The molecule has 0 aliphatic heterocycles. The van der Waals surface area contributed by atoms with Gasteiger partial charge >= 0.3 is 0 Å².